The van der Waals surface area contributed by atoms with Gasteiger partial charge in [0.05, 0.1) is 23.1 Å². The third-order valence-electron chi connectivity index (χ3n) is 3.79. The number of carbonyl (C=O) groups excluding carboxylic acids is 1. The van der Waals surface area contributed by atoms with Crippen LogP contribution < -0.4 is 15.9 Å². The van der Waals surface area contributed by atoms with Crippen molar-refractivity contribution in [2.45, 2.75) is 18.5 Å². The lowest BCUT2D eigenvalue weighted by molar-refractivity contribution is -0.113. The highest BCUT2D eigenvalue weighted by Gasteiger charge is 2.16. The average molecular weight is 452 g/mol. The summed E-state index contributed by atoms with van der Waals surface area (Å²) in [6.07, 6.45) is 0.879. The molecule has 29 heavy (non-hydrogen) atoms. The molecule has 7 nitrogen and oxygen atoms in total. The molecule has 0 aliphatic heterocycles. The minimum absolute atomic E-state index is 0.103. The second kappa shape index (κ2) is 9.87. The molecular formula is C19H19Cl2N5O2S. The molecule has 3 aromatic rings. The number of hydrogen-bond donors (Lipinski definition) is 2. The van der Waals surface area contributed by atoms with Gasteiger partial charge in [0.2, 0.25) is 11.1 Å². The minimum atomic E-state index is -0.211. The van der Waals surface area contributed by atoms with Gasteiger partial charge in [-0.1, -0.05) is 54.0 Å². The van der Waals surface area contributed by atoms with Crippen molar-refractivity contribution in [2.75, 3.05) is 23.5 Å². The highest BCUT2D eigenvalue weighted by molar-refractivity contribution is 7.99. The second-order valence-electron chi connectivity index (χ2n) is 5.98. The van der Waals surface area contributed by atoms with Crippen LogP contribution in [0.2, 0.25) is 10.0 Å². The first-order valence-corrected chi connectivity index (χ1v) is 10.5. The first-order valence-electron chi connectivity index (χ1n) is 8.80. The zero-order chi connectivity index (χ0) is 20.8. The maximum Gasteiger partial charge on any atom is 0.234 e. The maximum absolute atomic E-state index is 12.4. The lowest BCUT2D eigenvalue weighted by Gasteiger charge is -2.11. The van der Waals surface area contributed by atoms with E-state index >= 15 is 0 Å². The Balaban J connectivity index is 1.65. The van der Waals surface area contributed by atoms with E-state index in [1.807, 2.05) is 25.1 Å². The summed E-state index contributed by atoms with van der Waals surface area (Å²) in [7, 11) is 0. The van der Waals surface area contributed by atoms with E-state index in [1.165, 1.54) is 4.68 Å². The number of ether oxygens (including phenoxy) is 1. The molecule has 0 saturated heterocycles. The average Bonchev–Trinajstić information content (AvgIpc) is 3.06. The van der Waals surface area contributed by atoms with Crippen molar-refractivity contribution < 1.29 is 9.53 Å². The Labute approximate surface area is 182 Å². The molecular weight excluding hydrogens is 433 g/mol. The zero-order valence-electron chi connectivity index (χ0n) is 15.6. The molecule has 0 atom stereocenters. The topological polar surface area (TPSA) is 95.1 Å². The van der Waals surface area contributed by atoms with Crippen LogP contribution in [0, 0.1) is 0 Å². The van der Waals surface area contributed by atoms with E-state index in [0.29, 0.717) is 44.6 Å². The largest absolute Gasteiger partial charge is 0.491 e. The Morgan fingerprint density at radius 2 is 2.03 bits per heavy atom. The van der Waals surface area contributed by atoms with Gasteiger partial charge < -0.3 is 15.9 Å². The summed E-state index contributed by atoms with van der Waals surface area (Å²) in [6.45, 7) is 2.60. The number of nitrogens with two attached hydrogens (primary N) is 1. The van der Waals surface area contributed by atoms with Crippen molar-refractivity contribution in [3.8, 4) is 17.1 Å². The minimum Gasteiger partial charge on any atom is -0.491 e. The van der Waals surface area contributed by atoms with Crippen molar-refractivity contribution in [2.24, 2.45) is 0 Å². The molecule has 0 saturated carbocycles. The van der Waals surface area contributed by atoms with Crippen LogP contribution in [0.1, 0.15) is 13.3 Å². The Hall–Kier alpha value is -2.42. The molecule has 10 heteroatoms. The fourth-order valence-corrected chi connectivity index (χ4v) is 3.60. The van der Waals surface area contributed by atoms with Gasteiger partial charge in [-0.15, -0.1) is 10.2 Å². The lowest BCUT2D eigenvalue weighted by Crippen LogP contribution is -2.17. The fourth-order valence-electron chi connectivity index (χ4n) is 2.45. The number of amides is 1. The van der Waals surface area contributed by atoms with E-state index in [4.69, 9.17) is 33.8 Å². The van der Waals surface area contributed by atoms with Gasteiger partial charge in [-0.25, -0.2) is 4.68 Å². The number of carbonyl (C=O) groups is 1. The van der Waals surface area contributed by atoms with Gasteiger partial charge in [0, 0.05) is 10.6 Å². The highest BCUT2D eigenvalue weighted by Crippen LogP contribution is 2.30. The monoisotopic (exact) mass is 451 g/mol. The van der Waals surface area contributed by atoms with Gasteiger partial charge in [0.25, 0.3) is 0 Å². The number of para-hydroxylation sites is 2. The Bertz CT molecular complexity index is 1010. The van der Waals surface area contributed by atoms with Gasteiger partial charge in [-0.3, -0.25) is 4.79 Å². The van der Waals surface area contributed by atoms with Crippen LogP contribution in [0.15, 0.2) is 47.6 Å². The fraction of sp³-hybridized carbons (Fsp3) is 0.211. The third-order valence-corrected chi connectivity index (χ3v) is 5.28. The Morgan fingerprint density at radius 1 is 1.24 bits per heavy atom. The summed E-state index contributed by atoms with van der Waals surface area (Å²) >= 11 is 13.3. The van der Waals surface area contributed by atoms with Crippen molar-refractivity contribution in [3.63, 3.8) is 0 Å². The number of anilines is 1. The Morgan fingerprint density at radius 3 is 2.79 bits per heavy atom. The van der Waals surface area contributed by atoms with E-state index in [2.05, 4.69) is 15.5 Å². The molecule has 0 unspecified atom stereocenters. The van der Waals surface area contributed by atoms with E-state index in [9.17, 15) is 4.79 Å². The molecule has 0 fully saturated rings. The number of benzene rings is 2. The number of halogens is 2. The van der Waals surface area contributed by atoms with Gasteiger partial charge in [0.1, 0.15) is 5.75 Å². The normalized spacial score (nSPS) is 10.7. The molecule has 3 N–H and O–H groups in total. The molecule has 3 rings (SSSR count). The lowest BCUT2D eigenvalue weighted by atomic mass is 10.2. The predicted octanol–water partition coefficient (Wildman–Crippen LogP) is 4.49. The number of nitrogens with one attached hydrogen (secondary N) is 1. The van der Waals surface area contributed by atoms with Crippen LogP contribution >= 0.6 is 35.0 Å². The summed E-state index contributed by atoms with van der Waals surface area (Å²) in [5.74, 6) is 7.00. The van der Waals surface area contributed by atoms with Crippen LogP contribution in [0.5, 0.6) is 5.75 Å². The van der Waals surface area contributed by atoms with E-state index < -0.39 is 0 Å². The van der Waals surface area contributed by atoms with E-state index in [1.54, 1.807) is 24.3 Å². The molecule has 1 amide bonds. The van der Waals surface area contributed by atoms with Gasteiger partial charge in [0.15, 0.2) is 5.82 Å². The summed E-state index contributed by atoms with van der Waals surface area (Å²) < 4.78 is 6.95. The molecule has 1 aromatic heterocycles. The molecule has 2 aromatic carbocycles. The van der Waals surface area contributed by atoms with Gasteiger partial charge in [-0.2, -0.15) is 0 Å². The molecule has 0 aliphatic rings. The number of hydrogen-bond acceptors (Lipinski definition) is 6. The van der Waals surface area contributed by atoms with Crippen LogP contribution in [-0.2, 0) is 4.79 Å². The number of aromatic nitrogens is 3. The summed E-state index contributed by atoms with van der Waals surface area (Å²) in [4.78, 5) is 12.4. The van der Waals surface area contributed by atoms with Crippen LogP contribution in [0.25, 0.3) is 11.4 Å². The van der Waals surface area contributed by atoms with E-state index in [-0.39, 0.29) is 11.7 Å². The van der Waals surface area contributed by atoms with Crippen molar-refractivity contribution >= 4 is 46.6 Å². The summed E-state index contributed by atoms with van der Waals surface area (Å²) in [5.41, 5.74) is 1.22. The number of nitrogens with zero attached hydrogens (tertiary/aromatic N) is 3. The van der Waals surface area contributed by atoms with Crippen LogP contribution in [0.4, 0.5) is 5.69 Å². The molecule has 1 heterocycles. The van der Waals surface area contributed by atoms with Gasteiger partial charge >= 0.3 is 0 Å². The molecule has 0 bridgehead atoms. The van der Waals surface area contributed by atoms with Crippen molar-refractivity contribution in [3.05, 3.63) is 52.5 Å². The van der Waals surface area contributed by atoms with Crippen LogP contribution in [-0.4, -0.2) is 33.1 Å². The first-order chi connectivity index (χ1) is 14.0. The zero-order valence-corrected chi connectivity index (χ0v) is 17.9. The quantitative estimate of drug-likeness (QED) is 0.387. The molecule has 0 spiro atoms. The van der Waals surface area contributed by atoms with Gasteiger partial charge in [-0.05, 0) is 36.8 Å². The molecule has 0 radical (unpaired) electrons. The Kier molecular flexibility index (Phi) is 7.24. The van der Waals surface area contributed by atoms with Crippen LogP contribution in [0.3, 0.4) is 0 Å². The third kappa shape index (κ3) is 5.35. The van der Waals surface area contributed by atoms with Crippen molar-refractivity contribution in [1.82, 2.24) is 14.9 Å². The second-order valence-corrected chi connectivity index (χ2v) is 7.77. The van der Waals surface area contributed by atoms with E-state index in [0.717, 1.165) is 18.2 Å². The predicted molar refractivity (Wildman–Crippen MR) is 117 cm³/mol. The van der Waals surface area contributed by atoms with Crippen molar-refractivity contribution in [1.29, 1.82) is 0 Å². The standard InChI is InChI=1S/C19H19Cl2N5O2S/c1-2-9-28-16-6-4-3-5-15(16)23-17(27)11-29-19-25-24-18(26(19)22)13-8-7-12(20)10-14(13)21/h3-8,10H,2,9,11,22H2,1H3,(H,23,27). The highest BCUT2D eigenvalue weighted by atomic mass is 35.5. The maximum atomic E-state index is 12.4. The first kappa shape index (κ1) is 21.3. The summed E-state index contributed by atoms with van der Waals surface area (Å²) in [6, 6.07) is 12.3. The number of thioether (sulfide) groups is 1. The number of rotatable bonds is 8. The molecule has 152 valence electrons. The number of nitrogen functional groups attached to an aromatic ring is 1. The summed E-state index contributed by atoms with van der Waals surface area (Å²) in [5, 5.41) is 12.3. The smallest absolute Gasteiger partial charge is 0.234 e. The molecule has 0 aliphatic carbocycles. The SMILES string of the molecule is CCCOc1ccccc1NC(=O)CSc1nnc(-c2ccc(Cl)cc2Cl)n1N.